The molecule has 0 radical (unpaired) electrons. The van der Waals surface area contributed by atoms with Gasteiger partial charge in [0.1, 0.15) is 30.4 Å². The van der Waals surface area contributed by atoms with Crippen molar-refractivity contribution in [2.75, 3.05) is 20.7 Å². The highest BCUT2D eigenvalue weighted by Gasteiger charge is 2.71. The van der Waals surface area contributed by atoms with E-state index in [1.54, 1.807) is 19.1 Å². The molecule has 1 N–H and O–H groups in total. The second-order valence-corrected chi connectivity index (χ2v) is 10.2. The molecule has 0 aliphatic carbocycles. The standard InChI is InChI=1S/C19H22NO4S2.C2H5O.BrH/c1-20(2)12-9-11(10-13(20)17-16(12)24-17)23-18(21)19(22,14-5-3-7-25-14)15-6-4-8-26-15;1-2-3;/h3-8,11-13,16-17,22H,9-10H2,1-2H3;2H2,1H3;1H/q+1;-1;/t11?,12-,13+,16-,17+;;. The van der Waals surface area contributed by atoms with Crippen LogP contribution in [-0.2, 0) is 19.9 Å². The Morgan fingerprint density at radius 3 is 2.07 bits per heavy atom. The molecule has 0 aromatic carbocycles. The van der Waals surface area contributed by atoms with Crippen LogP contribution in [-0.4, -0.2) is 66.7 Å². The summed E-state index contributed by atoms with van der Waals surface area (Å²) in [5, 5.41) is 24.0. The first-order valence-electron chi connectivity index (χ1n) is 9.92. The second kappa shape index (κ2) is 8.97. The smallest absolute Gasteiger partial charge is 0.349 e. The lowest BCUT2D eigenvalue weighted by Crippen LogP contribution is -2.60. The molecule has 0 spiro atoms. The van der Waals surface area contributed by atoms with Crippen molar-refractivity contribution in [1.82, 2.24) is 0 Å². The van der Waals surface area contributed by atoms with Gasteiger partial charge in [0.15, 0.2) is 0 Å². The van der Waals surface area contributed by atoms with Crippen molar-refractivity contribution in [3.05, 3.63) is 44.8 Å². The number of epoxide rings is 1. The van der Waals surface area contributed by atoms with Crippen molar-refractivity contribution < 1.29 is 29.0 Å². The minimum absolute atomic E-state index is 0. The number of quaternary nitrogens is 1. The molecule has 3 aliphatic rings. The fourth-order valence-corrected chi connectivity index (χ4v) is 6.54. The van der Waals surface area contributed by atoms with Crippen molar-refractivity contribution in [2.45, 2.75) is 55.8 Å². The van der Waals surface area contributed by atoms with Crippen LogP contribution in [0.4, 0.5) is 0 Å². The largest absolute Gasteiger partial charge is 0.855 e. The minimum Gasteiger partial charge on any atom is -0.855 e. The van der Waals surface area contributed by atoms with Crippen LogP contribution in [0.25, 0.3) is 0 Å². The minimum atomic E-state index is -1.72. The van der Waals surface area contributed by atoms with Gasteiger partial charge in [0.25, 0.3) is 0 Å². The Hall–Kier alpha value is -0.810. The van der Waals surface area contributed by atoms with Crippen LogP contribution in [0.3, 0.4) is 0 Å². The van der Waals surface area contributed by atoms with E-state index in [2.05, 4.69) is 14.1 Å². The van der Waals surface area contributed by atoms with Crippen LogP contribution in [0.2, 0.25) is 0 Å². The van der Waals surface area contributed by atoms with E-state index in [4.69, 9.17) is 14.6 Å². The number of esters is 1. The monoisotopic (exact) mass is 517 g/mol. The summed E-state index contributed by atoms with van der Waals surface area (Å²) in [6.07, 6.45) is 2.05. The number of nitrogens with zero attached hydrogens (tertiary/aromatic N) is 1. The quantitative estimate of drug-likeness (QED) is 0.382. The molecule has 6 nitrogen and oxygen atoms in total. The van der Waals surface area contributed by atoms with Gasteiger partial charge in [-0.25, -0.2) is 4.79 Å². The summed E-state index contributed by atoms with van der Waals surface area (Å²) in [5.74, 6) is -0.561. The fourth-order valence-electron chi connectivity index (χ4n) is 4.83. The number of ether oxygens (including phenoxy) is 2. The second-order valence-electron chi connectivity index (χ2n) is 8.28. The Balaban J connectivity index is 0.000000606. The number of carbonyl (C=O) groups excluding carboxylic acids is 1. The van der Waals surface area contributed by atoms with Crippen LogP contribution in [0.1, 0.15) is 29.5 Å². The zero-order valence-corrected chi connectivity index (χ0v) is 20.6. The highest BCUT2D eigenvalue weighted by molar-refractivity contribution is 8.93. The van der Waals surface area contributed by atoms with E-state index in [1.807, 2.05) is 22.9 Å². The molecule has 1 unspecified atom stereocenters. The van der Waals surface area contributed by atoms with Gasteiger partial charge in [0.2, 0.25) is 5.60 Å². The normalized spacial score (nSPS) is 30.4. The summed E-state index contributed by atoms with van der Waals surface area (Å²) in [6, 6.07) is 8.01. The van der Waals surface area contributed by atoms with Crippen LogP contribution in [0, 0.1) is 0 Å². The van der Waals surface area contributed by atoms with E-state index in [-0.39, 0.29) is 29.7 Å². The maximum atomic E-state index is 13.1. The molecule has 2 bridgehead atoms. The molecule has 5 rings (SSSR count). The molecule has 0 amide bonds. The number of aliphatic hydroxyl groups is 1. The lowest BCUT2D eigenvalue weighted by Gasteiger charge is -2.45. The first-order valence-corrected chi connectivity index (χ1v) is 11.7. The summed E-state index contributed by atoms with van der Waals surface area (Å²) in [7, 11) is 4.49. The molecule has 9 heteroatoms. The molecule has 3 fully saturated rings. The van der Waals surface area contributed by atoms with Gasteiger partial charge < -0.3 is 24.2 Å². The summed E-state index contributed by atoms with van der Waals surface area (Å²) in [4.78, 5) is 14.3. The van der Waals surface area contributed by atoms with Gasteiger partial charge in [-0.15, -0.1) is 46.3 Å². The van der Waals surface area contributed by atoms with Crippen molar-refractivity contribution >= 4 is 45.6 Å². The van der Waals surface area contributed by atoms with Gasteiger partial charge >= 0.3 is 5.97 Å². The van der Waals surface area contributed by atoms with Gasteiger partial charge in [0.05, 0.1) is 23.8 Å². The molecule has 5 heterocycles. The number of likely N-dealkylation sites (N-methyl/N-ethyl adjacent to an activating group) is 1. The number of carbonyl (C=O) groups is 1. The van der Waals surface area contributed by atoms with E-state index < -0.39 is 11.6 Å². The van der Waals surface area contributed by atoms with Crippen LogP contribution < -0.4 is 5.11 Å². The molecule has 2 aromatic heterocycles. The van der Waals surface area contributed by atoms with Gasteiger partial charge in [-0.3, -0.25) is 0 Å². The summed E-state index contributed by atoms with van der Waals surface area (Å²) >= 11 is 2.74. The SMILES string of the molecule is Br.CC[O-].C[N+]1(C)[C@@H]2CC(OC(=O)C(O)(c3cccs3)c3cccs3)C[C@H]1[C@@H]1O[C@@H]12. The van der Waals surface area contributed by atoms with E-state index >= 15 is 0 Å². The van der Waals surface area contributed by atoms with Gasteiger partial charge in [-0.05, 0) is 22.9 Å². The molecule has 30 heavy (non-hydrogen) atoms. The molecular formula is C21H28BrNO5S2. The molecule has 3 aliphatic heterocycles. The van der Waals surface area contributed by atoms with Crippen molar-refractivity contribution in [1.29, 1.82) is 0 Å². The third kappa shape index (κ3) is 3.90. The molecule has 5 atom stereocenters. The van der Waals surface area contributed by atoms with Crippen molar-refractivity contribution in [3.63, 3.8) is 0 Å². The topological polar surface area (TPSA) is 82.1 Å². The zero-order chi connectivity index (χ0) is 20.8. The maximum absolute atomic E-state index is 13.1. The average Bonchev–Trinajstić information content (AvgIpc) is 3.04. The molecule has 3 saturated heterocycles. The number of hydrogen-bond donors (Lipinski definition) is 1. The third-order valence-corrected chi connectivity index (χ3v) is 8.32. The summed E-state index contributed by atoms with van der Waals surface area (Å²) in [6.45, 7) is 1.57. The Morgan fingerprint density at radius 1 is 1.20 bits per heavy atom. The molecule has 0 saturated carbocycles. The predicted molar refractivity (Wildman–Crippen MR) is 120 cm³/mol. The third-order valence-electron chi connectivity index (χ3n) is 6.36. The average molecular weight is 518 g/mol. The zero-order valence-electron chi connectivity index (χ0n) is 17.2. The summed E-state index contributed by atoms with van der Waals surface area (Å²) < 4.78 is 12.6. The van der Waals surface area contributed by atoms with E-state index in [0.29, 0.717) is 34.0 Å². The van der Waals surface area contributed by atoms with Gasteiger partial charge in [-0.2, -0.15) is 0 Å². The highest BCUT2D eigenvalue weighted by atomic mass is 79.9. The number of rotatable bonds is 4. The van der Waals surface area contributed by atoms with E-state index in [0.717, 1.165) is 17.3 Å². The van der Waals surface area contributed by atoms with Gasteiger partial charge in [-0.1, -0.05) is 19.1 Å². The Bertz CT molecular complexity index is 787. The molecular weight excluding hydrogens is 490 g/mol. The molecule has 2 aromatic rings. The predicted octanol–water partition coefficient (Wildman–Crippen LogP) is 2.29. The van der Waals surface area contributed by atoms with Crippen LogP contribution in [0.5, 0.6) is 0 Å². The first-order chi connectivity index (χ1) is 13.8. The Kier molecular flexibility index (Phi) is 7.13. The number of halogens is 1. The summed E-state index contributed by atoms with van der Waals surface area (Å²) in [5.41, 5.74) is -1.72. The van der Waals surface area contributed by atoms with E-state index in [1.165, 1.54) is 22.7 Å². The Morgan fingerprint density at radius 2 is 1.67 bits per heavy atom. The number of morpholine rings is 1. The lowest BCUT2D eigenvalue weighted by molar-refractivity contribution is -0.938. The first kappa shape index (κ1) is 23.8. The number of fused-ring (bicyclic) bond motifs is 5. The van der Waals surface area contributed by atoms with Crippen LogP contribution >= 0.6 is 39.7 Å². The number of thiophene rings is 2. The molecule has 166 valence electrons. The number of hydrogen-bond acceptors (Lipinski definition) is 7. The van der Waals surface area contributed by atoms with E-state index in [9.17, 15) is 9.90 Å². The lowest BCUT2D eigenvalue weighted by atomic mass is 9.95. The number of piperidine rings is 1. The van der Waals surface area contributed by atoms with Crippen molar-refractivity contribution in [3.8, 4) is 0 Å². The fraction of sp³-hybridized carbons (Fsp3) is 0.571. The maximum Gasteiger partial charge on any atom is 0.349 e. The van der Waals surface area contributed by atoms with Crippen LogP contribution in [0.15, 0.2) is 35.0 Å². The van der Waals surface area contributed by atoms with Crippen molar-refractivity contribution in [2.24, 2.45) is 0 Å². The van der Waals surface area contributed by atoms with Gasteiger partial charge in [0, 0.05) is 12.8 Å². The Labute approximate surface area is 195 Å². The highest BCUT2D eigenvalue weighted by Crippen LogP contribution is 2.52.